The largest absolute Gasteiger partial charge is 0.443 e. The number of hydrogen-bond donors (Lipinski definition) is 1. The predicted molar refractivity (Wildman–Crippen MR) is 85.0 cm³/mol. The summed E-state index contributed by atoms with van der Waals surface area (Å²) in [5, 5.41) is 33.1. The number of non-ortho nitro benzene ring substituents is 1. The topological polar surface area (TPSA) is 165 Å². The number of halogens is 1. The van der Waals surface area contributed by atoms with E-state index in [0.717, 1.165) is 0 Å². The molecule has 0 fully saturated rings. The number of ether oxygens (including phenoxy) is 1. The van der Waals surface area contributed by atoms with E-state index in [0.29, 0.717) is 12.1 Å². The van der Waals surface area contributed by atoms with Gasteiger partial charge in [0.15, 0.2) is 0 Å². The molecule has 0 heterocycles. The van der Waals surface area contributed by atoms with Gasteiger partial charge >= 0.3 is 11.4 Å². The van der Waals surface area contributed by atoms with Crippen LogP contribution in [0.15, 0.2) is 34.8 Å². The van der Waals surface area contributed by atoms with Crippen molar-refractivity contribution < 1.29 is 19.5 Å². The molecule has 0 saturated carbocycles. The minimum absolute atomic E-state index is 0.0185. The smallest absolute Gasteiger partial charge is 0.325 e. The van der Waals surface area contributed by atoms with E-state index in [1.807, 2.05) is 0 Å². The first-order chi connectivity index (χ1) is 11.2. The predicted octanol–water partition coefficient (Wildman–Crippen LogP) is 3.55. The molecule has 0 unspecified atom stereocenters. The summed E-state index contributed by atoms with van der Waals surface area (Å²) in [5.41, 5.74) is 3.26. The van der Waals surface area contributed by atoms with Crippen molar-refractivity contribution in [2.75, 3.05) is 5.73 Å². The minimum Gasteiger partial charge on any atom is -0.443 e. The highest BCUT2D eigenvalue weighted by Gasteiger charge is 2.33. The van der Waals surface area contributed by atoms with Gasteiger partial charge < -0.3 is 10.5 Å². The molecule has 0 aliphatic rings. The molecule has 124 valence electrons. The first-order valence-electron chi connectivity index (χ1n) is 6.05. The summed E-state index contributed by atoms with van der Waals surface area (Å²) in [5.74, 6) is -0.753. The van der Waals surface area contributed by atoms with Gasteiger partial charge in [-0.2, -0.15) is 0 Å². The molecule has 0 aliphatic carbocycles. The zero-order valence-electron chi connectivity index (χ0n) is 11.5. The van der Waals surface area contributed by atoms with Crippen LogP contribution in [-0.4, -0.2) is 14.8 Å². The molecular formula is C12H7BrN4O7. The normalized spacial score (nSPS) is 10.2. The van der Waals surface area contributed by atoms with Gasteiger partial charge in [0.2, 0.25) is 0 Å². The Morgan fingerprint density at radius 3 is 1.96 bits per heavy atom. The van der Waals surface area contributed by atoms with Crippen LogP contribution in [0.2, 0.25) is 0 Å². The number of benzene rings is 2. The molecule has 12 heteroatoms. The zero-order valence-corrected chi connectivity index (χ0v) is 13.1. The third-order valence-electron chi connectivity index (χ3n) is 2.84. The van der Waals surface area contributed by atoms with Crippen molar-refractivity contribution in [2.45, 2.75) is 0 Å². The molecule has 0 aliphatic heterocycles. The number of nitro benzene ring substituents is 3. The molecule has 0 aromatic heterocycles. The van der Waals surface area contributed by atoms with Crippen LogP contribution in [-0.2, 0) is 0 Å². The van der Waals surface area contributed by atoms with Crippen LogP contribution >= 0.6 is 15.9 Å². The fraction of sp³-hybridized carbons (Fsp3) is 0. The van der Waals surface area contributed by atoms with Crippen molar-refractivity contribution in [2.24, 2.45) is 0 Å². The fourth-order valence-electron chi connectivity index (χ4n) is 1.78. The molecule has 2 rings (SSSR count). The highest BCUT2D eigenvalue weighted by atomic mass is 79.9. The van der Waals surface area contributed by atoms with E-state index in [2.05, 4.69) is 15.9 Å². The monoisotopic (exact) mass is 398 g/mol. The van der Waals surface area contributed by atoms with Gasteiger partial charge in [-0.15, -0.1) is 0 Å². The van der Waals surface area contributed by atoms with Crippen LogP contribution < -0.4 is 10.5 Å². The van der Waals surface area contributed by atoms with E-state index < -0.39 is 37.6 Å². The van der Waals surface area contributed by atoms with Crippen LogP contribution in [0.1, 0.15) is 0 Å². The Morgan fingerprint density at radius 1 is 0.958 bits per heavy atom. The third kappa shape index (κ3) is 3.22. The molecule has 0 amide bonds. The second kappa shape index (κ2) is 6.45. The van der Waals surface area contributed by atoms with Crippen molar-refractivity contribution in [3.63, 3.8) is 0 Å². The number of nitrogen functional groups attached to an aromatic ring is 1. The highest BCUT2D eigenvalue weighted by Crippen LogP contribution is 2.44. The van der Waals surface area contributed by atoms with E-state index in [1.54, 1.807) is 0 Å². The van der Waals surface area contributed by atoms with Gasteiger partial charge in [-0.25, -0.2) is 0 Å². The lowest BCUT2D eigenvalue weighted by Crippen LogP contribution is -2.01. The van der Waals surface area contributed by atoms with Gasteiger partial charge in [0.1, 0.15) is 5.75 Å². The summed E-state index contributed by atoms with van der Waals surface area (Å²) in [6.45, 7) is 0. The number of anilines is 1. The van der Waals surface area contributed by atoms with Crippen LogP contribution in [0.4, 0.5) is 22.7 Å². The van der Waals surface area contributed by atoms with E-state index >= 15 is 0 Å². The summed E-state index contributed by atoms with van der Waals surface area (Å²) < 4.78 is 5.51. The number of nitrogens with zero attached hydrogens (tertiary/aromatic N) is 3. The number of nitrogens with two attached hydrogens (primary N) is 1. The lowest BCUT2D eigenvalue weighted by atomic mass is 10.2. The molecule has 0 spiro atoms. The summed E-state index contributed by atoms with van der Waals surface area (Å²) in [6.07, 6.45) is 0. The molecule has 0 bridgehead atoms. The Bertz CT molecular complexity index is 835. The van der Waals surface area contributed by atoms with Crippen LogP contribution in [0.5, 0.6) is 11.5 Å². The van der Waals surface area contributed by atoms with E-state index in [-0.39, 0.29) is 15.9 Å². The molecule has 2 aromatic carbocycles. The molecule has 24 heavy (non-hydrogen) atoms. The first-order valence-corrected chi connectivity index (χ1v) is 6.84. The highest BCUT2D eigenvalue weighted by molar-refractivity contribution is 9.10. The SMILES string of the molecule is Nc1cccc(Oc2c([N+](=O)[O-])cc([N+](=O)[O-])cc2[N+](=O)[O-])c1Br. The summed E-state index contributed by atoms with van der Waals surface area (Å²) in [4.78, 5) is 30.1. The fourth-order valence-corrected chi connectivity index (χ4v) is 2.13. The quantitative estimate of drug-likeness (QED) is 0.453. The Balaban J connectivity index is 2.71. The number of nitro groups is 3. The number of hydrogen-bond acceptors (Lipinski definition) is 8. The molecule has 2 aromatic rings. The average Bonchev–Trinajstić information content (AvgIpc) is 2.51. The lowest BCUT2D eigenvalue weighted by Gasteiger charge is -2.09. The molecule has 0 radical (unpaired) electrons. The first kappa shape index (κ1) is 17.1. The van der Waals surface area contributed by atoms with Crippen LogP contribution in [0, 0.1) is 30.3 Å². The van der Waals surface area contributed by atoms with Gasteiger partial charge in [0.25, 0.3) is 11.4 Å². The Morgan fingerprint density at radius 2 is 1.50 bits per heavy atom. The Kier molecular flexibility index (Phi) is 4.59. The minimum atomic E-state index is -1.00. The second-order valence-electron chi connectivity index (χ2n) is 4.35. The van der Waals surface area contributed by atoms with E-state index in [9.17, 15) is 30.3 Å². The van der Waals surface area contributed by atoms with E-state index in [1.165, 1.54) is 18.2 Å². The summed E-state index contributed by atoms with van der Waals surface area (Å²) in [6, 6.07) is 5.52. The number of rotatable bonds is 5. The molecule has 0 saturated heterocycles. The summed E-state index contributed by atoms with van der Waals surface area (Å²) in [7, 11) is 0. The Hall–Kier alpha value is -3.28. The van der Waals surface area contributed by atoms with Gasteiger partial charge in [-0.1, -0.05) is 6.07 Å². The Labute approximate surface area is 141 Å². The maximum atomic E-state index is 11.2. The van der Waals surface area contributed by atoms with E-state index in [4.69, 9.17) is 10.5 Å². The third-order valence-corrected chi connectivity index (χ3v) is 3.69. The van der Waals surface area contributed by atoms with Crippen molar-refractivity contribution in [3.8, 4) is 11.5 Å². The van der Waals surface area contributed by atoms with Crippen LogP contribution in [0.3, 0.4) is 0 Å². The zero-order chi connectivity index (χ0) is 18.0. The van der Waals surface area contributed by atoms with Crippen molar-refractivity contribution in [1.82, 2.24) is 0 Å². The maximum absolute atomic E-state index is 11.2. The van der Waals surface area contributed by atoms with Crippen molar-refractivity contribution in [3.05, 3.63) is 65.1 Å². The standard InChI is InChI=1S/C12H7BrN4O7/c13-11-7(14)2-1-3-10(11)24-12-8(16(20)21)4-6(15(18)19)5-9(12)17(22)23/h1-5H,14H2. The van der Waals surface area contributed by atoms with Crippen molar-refractivity contribution in [1.29, 1.82) is 0 Å². The van der Waals surface area contributed by atoms with Gasteiger partial charge in [-0.3, -0.25) is 30.3 Å². The molecular weight excluding hydrogens is 392 g/mol. The molecule has 2 N–H and O–H groups in total. The average molecular weight is 399 g/mol. The van der Waals surface area contributed by atoms with Gasteiger partial charge in [0, 0.05) is 5.69 Å². The van der Waals surface area contributed by atoms with Gasteiger partial charge in [-0.05, 0) is 28.1 Å². The van der Waals surface area contributed by atoms with Gasteiger partial charge in [0.05, 0.1) is 31.4 Å². The lowest BCUT2D eigenvalue weighted by molar-refractivity contribution is -0.404. The second-order valence-corrected chi connectivity index (χ2v) is 5.14. The molecule has 0 atom stereocenters. The summed E-state index contributed by atoms with van der Waals surface area (Å²) >= 11 is 3.10. The van der Waals surface area contributed by atoms with Crippen molar-refractivity contribution >= 4 is 38.7 Å². The maximum Gasteiger partial charge on any atom is 0.325 e. The van der Waals surface area contributed by atoms with Crippen LogP contribution in [0.25, 0.3) is 0 Å². The molecule has 11 nitrogen and oxygen atoms in total.